The molecule has 2 aromatic heterocycles. The molecular formula is C21H17NO5S. The van der Waals surface area contributed by atoms with E-state index < -0.39 is 23.5 Å². The summed E-state index contributed by atoms with van der Waals surface area (Å²) < 4.78 is 10.4. The number of hydrogen-bond donors (Lipinski definition) is 1. The molecule has 0 saturated carbocycles. The second-order valence-electron chi connectivity index (χ2n) is 6.27. The van der Waals surface area contributed by atoms with E-state index in [1.165, 1.54) is 28.6 Å². The predicted molar refractivity (Wildman–Crippen MR) is 103 cm³/mol. The standard InChI is InChI=1S/C21H17NO5S/c1-26-14-6-2-5-13(11-14)12-22-18(16-8-4-10-28-16)17(20(24)21(22)25)19(23)15-7-3-9-27-15/h2-11,18,24H,12H2,1H3. The summed E-state index contributed by atoms with van der Waals surface area (Å²) in [4.78, 5) is 28.1. The molecule has 0 radical (unpaired) electrons. The molecule has 0 saturated heterocycles. The molecule has 1 aliphatic rings. The van der Waals surface area contributed by atoms with Crippen molar-refractivity contribution in [1.82, 2.24) is 4.90 Å². The summed E-state index contributed by atoms with van der Waals surface area (Å²) in [5.41, 5.74) is 0.860. The highest BCUT2D eigenvalue weighted by Gasteiger charge is 2.44. The normalized spacial score (nSPS) is 16.7. The third-order valence-corrected chi connectivity index (χ3v) is 5.52. The molecule has 1 aliphatic heterocycles. The van der Waals surface area contributed by atoms with Crippen LogP contribution in [0.5, 0.6) is 5.75 Å². The third kappa shape index (κ3) is 3.10. The molecule has 0 spiro atoms. The van der Waals surface area contributed by atoms with Crippen molar-refractivity contribution in [2.24, 2.45) is 0 Å². The number of amides is 1. The lowest BCUT2D eigenvalue weighted by molar-refractivity contribution is -0.130. The van der Waals surface area contributed by atoms with Gasteiger partial charge in [0.15, 0.2) is 11.5 Å². The fraction of sp³-hybridized carbons (Fsp3) is 0.143. The zero-order valence-corrected chi connectivity index (χ0v) is 15.8. The highest BCUT2D eigenvalue weighted by molar-refractivity contribution is 7.10. The molecule has 1 unspecified atom stereocenters. The minimum Gasteiger partial charge on any atom is -0.503 e. The van der Waals surface area contributed by atoms with Crippen LogP contribution in [0.15, 0.2) is 75.9 Å². The molecule has 0 aliphatic carbocycles. The maximum Gasteiger partial charge on any atom is 0.290 e. The average Bonchev–Trinajstić information content (AvgIpc) is 3.46. The van der Waals surface area contributed by atoms with Gasteiger partial charge in [0, 0.05) is 11.4 Å². The maximum absolute atomic E-state index is 13.0. The molecule has 4 rings (SSSR count). The van der Waals surface area contributed by atoms with Gasteiger partial charge >= 0.3 is 0 Å². The van der Waals surface area contributed by atoms with E-state index in [-0.39, 0.29) is 17.9 Å². The van der Waals surface area contributed by atoms with E-state index in [0.717, 1.165) is 10.4 Å². The Morgan fingerprint density at radius 1 is 1.25 bits per heavy atom. The van der Waals surface area contributed by atoms with Crippen LogP contribution in [-0.4, -0.2) is 28.8 Å². The minimum atomic E-state index is -0.684. The van der Waals surface area contributed by atoms with E-state index in [1.807, 2.05) is 41.8 Å². The first-order valence-corrected chi connectivity index (χ1v) is 9.46. The first-order chi connectivity index (χ1) is 13.6. The van der Waals surface area contributed by atoms with Crippen LogP contribution in [0.2, 0.25) is 0 Å². The number of aliphatic hydroxyl groups is 1. The number of rotatable bonds is 6. The van der Waals surface area contributed by atoms with Gasteiger partial charge in [0.05, 0.1) is 18.9 Å². The fourth-order valence-electron chi connectivity index (χ4n) is 3.30. The summed E-state index contributed by atoms with van der Waals surface area (Å²) in [6, 6.07) is 13.4. The van der Waals surface area contributed by atoms with Crippen LogP contribution in [0.4, 0.5) is 0 Å². The van der Waals surface area contributed by atoms with Crippen LogP contribution in [0.3, 0.4) is 0 Å². The summed E-state index contributed by atoms with van der Waals surface area (Å²) in [6.07, 6.45) is 1.38. The molecule has 1 aromatic carbocycles. The van der Waals surface area contributed by atoms with Gasteiger partial charge in [-0.05, 0) is 41.3 Å². The molecule has 1 N–H and O–H groups in total. The number of furan rings is 1. The van der Waals surface area contributed by atoms with E-state index in [0.29, 0.717) is 5.75 Å². The van der Waals surface area contributed by atoms with Crippen molar-refractivity contribution in [3.63, 3.8) is 0 Å². The van der Waals surface area contributed by atoms with Crippen molar-refractivity contribution in [3.05, 3.63) is 87.7 Å². The fourth-order valence-corrected chi connectivity index (χ4v) is 4.14. The van der Waals surface area contributed by atoms with Crippen LogP contribution in [0, 0.1) is 0 Å². The Morgan fingerprint density at radius 3 is 2.79 bits per heavy atom. The van der Waals surface area contributed by atoms with Crippen molar-refractivity contribution in [2.75, 3.05) is 7.11 Å². The molecule has 28 heavy (non-hydrogen) atoms. The highest BCUT2D eigenvalue weighted by atomic mass is 32.1. The lowest BCUT2D eigenvalue weighted by Crippen LogP contribution is -2.30. The van der Waals surface area contributed by atoms with Crippen molar-refractivity contribution < 1.29 is 23.8 Å². The lowest BCUT2D eigenvalue weighted by Gasteiger charge is -2.25. The van der Waals surface area contributed by atoms with E-state index in [4.69, 9.17) is 9.15 Å². The van der Waals surface area contributed by atoms with E-state index in [2.05, 4.69) is 0 Å². The van der Waals surface area contributed by atoms with Crippen LogP contribution in [0.1, 0.15) is 27.0 Å². The Morgan fingerprint density at radius 2 is 2.11 bits per heavy atom. The monoisotopic (exact) mass is 395 g/mol. The van der Waals surface area contributed by atoms with E-state index in [1.54, 1.807) is 13.2 Å². The summed E-state index contributed by atoms with van der Waals surface area (Å²) >= 11 is 1.42. The summed E-state index contributed by atoms with van der Waals surface area (Å²) in [6.45, 7) is 0.220. The number of Topliss-reactive ketones (excluding diaryl/α,β-unsaturated/α-hetero) is 1. The maximum atomic E-state index is 13.0. The first-order valence-electron chi connectivity index (χ1n) is 8.58. The van der Waals surface area contributed by atoms with Crippen LogP contribution in [-0.2, 0) is 11.3 Å². The number of carbonyl (C=O) groups excluding carboxylic acids is 2. The topological polar surface area (TPSA) is 80.0 Å². The first kappa shape index (κ1) is 18.1. The van der Waals surface area contributed by atoms with Gasteiger partial charge in [-0.3, -0.25) is 9.59 Å². The minimum absolute atomic E-state index is 0.0327. The second-order valence-corrected chi connectivity index (χ2v) is 7.25. The van der Waals surface area contributed by atoms with Crippen molar-refractivity contribution in [3.8, 4) is 5.75 Å². The Labute approximate surface area is 165 Å². The molecule has 6 nitrogen and oxygen atoms in total. The summed E-state index contributed by atoms with van der Waals surface area (Å²) in [5.74, 6) is -0.874. The summed E-state index contributed by atoms with van der Waals surface area (Å²) in [7, 11) is 1.57. The quantitative estimate of drug-likeness (QED) is 0.635. The van der Waals surface area contributed by atoms with Gasteiger partial charge in [0.25, 0.3) is 5.91 Å². The third-order valence-electron chi connectivity index (χ3n) is 4.59. The zero-order chi connectivity index (χ0) is 19.7. The predicted octanol–water partition coefficient (Wildman–Crippen LogP) is 4.13. The number of aliphatic hydroxyl groups excluding tert-OH is 1. The summed E-state index contributed by atoms with van der Waals surface area (Å²) in [5, 5.41) is 12.4. The Balaban J connectivity index is 1.75. The van der Waals surface area contributed by atoms with Crippen LogP contribution >= 0.6 is 11.3 Å². The lowest BCUT2D eigenvalue weighted by atomic mass is 10.00. The molecule has 3 aromatic rings. The molecule has 3 heterocycles. The van der Waals surface area contributed by atoms with Crippen molar-refractivity contribution in [1.29, 1.82) is 0 Å². The number of thiophene rings is 1. The van der Waals surface area contributed by atoms with Crippen LogP contribution < -0.4 is 4.74 Å². The molecule has 7 heteroatoms. The van der Waals surface area contributed by atoms with Gasteiger partial charge in [-0.25, -0.2) is 0 Å². The van der Waals surface area contributed by atoms with Gasteiger partial charge in [-0.2, -0.15) is 0 Å². The van der Waals surface area contributed by atoms with Gasteiger partial charge < -0.3 is 19.2 Å². The highest BCUT2D eigenvalue weighted by Crippen LogP contribution is 2.41. The molecule has 0 bridgehead atoms. The van der Waals surface area contributed by atoms with Gasteiger partial charge in [-0.1, -0.05) is 18.2 Å². The number of hydrogen-bond acceptors (Lipinski definition) is 6. The number of ether oxygens (including phenoxy) is 1. The number of ketones is 1. The van der Waals surface area contributed by atoms with Crippen molar-refractivity contribution in [2.45, 2.75) is 12.6 Å². The van der Waals surface area contributed by atoms with E-state index in [9.17, 15) is 14.7 Å². The number of benzene rings is 1. The average molecular weight is 395 g/mol. The van der Waals surface area contributed by atoms with Gasteiger partial charge in [-0.15, -0.1) is 11.3 Å². The van der Waals surface area contributed by atoms with Gasteiger partial charge in [0.2, 0.25) is 5.78 Å². The molecular weight excluding hydrogens is 378 g/mol. The SMILES string of the molecule is COc1cccc(CN2C(=O)C(O)=C(C(=O)c3ccco3)C2c2cccs2)c1. The van der Waals surface area contributed by atoms with Gasteiger partial charge in [0.1, 0.15) is 11.8 Å². The number of carbonyl (C=O) groups is 2. The second kappa shape index (κ2) is 7.36. The van der Waals surface area contributed by atoms with Crippen LogP contribution in [0.25, 0.3) is 0 Å². The number of methoxy groups -OCH3 is 1. The molecule has 0 fully saturated rings. The van der Waals surface area contributed by atoms with Crippen molar-refractivity contribution >= 4 is 23.0 Å². The smallest absolute Gasteiger partial charge is 0.290 e. The Bertz CT molecular complexity index is 1040. The Hall–Kier alpha value is -3.32. The zero-order valence-electron chi connectivity index (χ0n) is 15.0. The largest absolute Gasteiger partial charge is 0.503 e. The number of nitrogens with zero attached hydrogens (tertiary/aromatic N) is 1. The molecule has 142 valence electrons. The Kier molecular flexibility index (Phi) is 4.75. The molecule has 1 atom stereocenters. The molecule has 1 amide bonds. The van der Waals surface area contributed by atoms with E-state index >= 15 is 0 Å².